The number of aromatic carboxylic acids is 1. The molecule has 0 atom stereocenters. The Hall–Kier alpha value is -1.97. The van der Waals surface area contributed by atoms with Crippen LogP contribution in [-0.4, -0.2) is 64.1 Å². The molecule has 2 heterocycles. The van der Waals surface area contributed by atoms with E-state index in [-0.39, 0.29) is 16.7 Å². The van der Waals surface area contributed by atoms with E-state index in [4.69, 9.17) is 10.3 Å². The van der Waals surface area contributed by atoms with Crippen LogP contribution < -0.4 is 5.90 Å². The van der Waals surface area contributed by atoms with Gasteiger partial charge in [-0.2, -0.15) is 0 Å². The number of nitrogens with two attached hydrogens (primary N) is 1. The number of piperazine rings is 1. The smallest absolute Gasteiger partial charge is 0.345 e. The molecule has 0 saturated carbocycles. The molecular weight excluding hydrogens is 298 g/mol. The second kappa shape index (κ2) is 7.72. The molecule has 1 aliphatic rings. The number of amides is 2. The molecule has 0 spiro atoms. The molecule has 0 aliphatic carbocycles. The maximum atomic E-state index is 12.2. The van der Waals surface area contributed by atoms with Crippen molar-refractivity contribution in [3.8, 4) is 0 Å². The van der Waals surface area contributed by atoms with Gasteiger partial charge in [-0.15, -0.1) is 11.3 Å². The summed E-state index contributed by atoms with van der Waals surface area (Å²) in [5.74, 6) is 2.32. The Morgan fingerprint density at radius 1 is 1.05 bits per heavy atom. The fourth-order valence-corrected chi connectivity index (χ4v) is 2.76. The predicted octanol–water partition coefficient (Wildman–Crippen LogP) is 0.0849. The average molecular weight is 315 g/mol. The molecule has 0 bridgehead atoms. The lowest BCUT2D eigenvalue weighted by molar-refractivity contribution is -0.130. The highest BCUT2D eigenvalue weighted by atomic mass is 32.1. The standard InChI is InChI=1S/C12H14N2O4S.H3NO/c1-8(15)13-4-6-14(7-5-13)11(16)9-2-3-10(19-9)12(17)18;1-2/h2-3H,4-7H2,1H3,(H,17,18);2H,1H2. The Morgan fingerprint density at radius 3 is 1.95 bits per heavy atom. The van der Waals surface area contributed by atoms with Crippen molar-refractivity contribution in [2.24, 2.45) is 5.90 Å². The first-order valence-electron chi connectivity index (χ1n) is 6.13. The van der Waals surface area contributed by atoms with Crippen molar-refractivity contribution < 1.29 is 24.7 Å². The zero-order valence-electron chi connectivity index (χ0n) is 11.5. The van der Waals surface area contributed by atoms with Crippen molar-refractivity contribution in [2.75, 3.05) is 26.2 Å². The molecule has 4 N–H and O–H groups in total. The number of hydrogen-bond acceptors (Lipinski definition) is 6. The molecule has 1 fully saturated rings. The summed E-state index contributed by atoms with van der Waals surface area (Å²) in [6, 6.07) is 2.97. The summed E-state index contributed by atoms with van der Waals surface area (Å²) < 4.78 is 0. The molecule has 1 aromatic heterocycles. The van der Waals surface area contributed by atoms with Gasteiger partial charge < -0.3 is 20.1 Å². The van der Waals surface area contributed by atoms with Crippen molar-refractivity contribution in [3.63, 3.8) is 0 Å². The van der Waals surface area contributed by atoms with Crippen LogP contribution in [0.3, 0.4) is 0 Å². The summed E-state index contributed by atoms with van der Waals surface area (Å²) >= 11 is 0.979. The van der Waals surface area contributed by atoms with Gasteiger partial charge in [0.2, 0.25) is 5.91 Å². The lowest BCUT2D eigenvalue weighted by Crippen LogP contribution is -2.49. The molecule has 2 rings (SSSR count). The maximum Gasteiger partial charge on any atom is 0.345 e. The molecule has 21 heavy (non-hydrogen) atoms. The monoisotopic (exact) mass is 315 g/mol. The molecule has 0 radical (unpaired) electrons. The third-order valence-corrected chi connectivity index (χ3v) is 4.10. The van der Waals surface area contributed by atoms with Gasteiger partial charge in [0.15, 0.2) is 0 Å². The van der Waals surface area contributed by atoms with Gasteiger partial charge in [0.1, 0.15) is 4.88 Å². The van der Waals surface area contributed by atoms with Crippen molar-refractivity contribution in [1.29, 1.82) is 0 Å². The Kier molecular flexibility index (Phi) is 6.28. The molecular formula is C12H17N3O5S. The highest BCUT2D eigenvalue weighted by molar-refractivity contribution is 7.15. The second-order valence-electron chi connectivity index (χ2n) is 4.27. The highest BCUT2D eigenvalue weighted by Crippen LogP contribution is 2.19. The van der Waals surface area contributed by atoms with Crippen LogP contribution in [0.4, 0.5) is 0 Å². The summed E-state index contributed by atoms with van der Waals surface area (Å²) in [5.41, 5.74) is 0. The minimum absolute atomic E-state index is 0.0105. The largest absolute Gasteiger partial charge is 0.477 e. The highest BCUT2D eigenvalue weighted by Gasteiger charge is 2.24. The van der Waals surface area contributed by atoms with Gasteiger partial charge in [-0.1, -0.05) is 0 Å². The molecule has 2 amide bonds. The first-order chi connectivity index (χ1) is 9.99. The third kappa shape index (κ3) is 4.25. The zero-order chi connectivity index (χ0) is 16.0. The normalized spacial score (nSPS) is 14.2. The van der Waals surface area contributed by atoms with Crippen molar-refractivity contribution in [2.45, 2.75) is 6.92 Å². The topological polar surface area (TPSA) is 124 Å². The van der Waals surface area contributed by atoms with E-state index >= 15 is 0 Å². The number of carbonyl (C=O) groups excluding carboxylic acids is 2. The van der Waals surface area contributed by atoms with E-state index in [2.05, 4.69) is 5.90 Å². The van der Waals surface area contributed by atoms with E-state index in [1.807, 2.05) is 0 Å². The Morgan fingerprint density at radius 2 is 1.52 bits per heavy atom. The number of thiophene rings is 1. The Labute approximate surface area is 125 Å². The van der Waals surface area contributed by atoms with Gasteiger partial charge in [-0.05, 0) is 12.1 Å². The number of nitrogens with zero attached hydrogens (tertiary/aromatic N) is 2. The van der Waals surface area contributed by atoms with Crippen LogP contribution in [0.25, 0.3) is 0 Å². The van der Waals surface area contributed by atoms with Gasteiger partial charge in [-0.3, -0.25) is 9.59 Å². The van der Waals surface area contributed by atoms with Gasteiger partial charge in [0.05, 0.1) is 4.88 Å². The van der Waals surface area contributed by atoms with Crippen LogP contribution in [0.5, 0.6) is 0 Å². The third-order valence-electron chi connectivity index (χ3n) is 3.04. The van der Waals surface area contributed by atoms with Crippen molar-refractivity contribution in [1.82, 2.24) is 9.80 Å². The lowest BCUT2D eigenvalue weighted by atomic mass is 10.3. The average Bonchev–Trinajstić information content (AvgIpc) is 2.99. The number of carboxylic acid groups (broad SMARTS) is 1. The summed E-state index contributed by atoms with van der Waals surface area (Å²) in [4.78, 5) is 38.0. The molecule has 0 unspecified atom stereocenters. The molecule has 9 heteroatoms. The Balaban J connectivity index is 0.00000106. The molecule has 1 aliphatic heterocycles. The van der Waals surface area contributed by atoms with E-state index in [9.17, 15) is 14.4 Å². The predicted molar refractivity (Wildman–Crippen MR) is 75.4 cm³/mol. The van der Waals surface area contributed by atoms with E-state index < -0.39 is 5.97 Å². The first-order valence-corrected chi connectivity index (χ1v) is 6.94. The van der Waals surface area contributed by atoms with Crippen LogP contribution in [0.15, 0.2) is 12.1 Å². The summed E-state index contributed by atoms with van der Waals surface area (Å²) in [6.45, 7) is 3.53. The summed E-state index contributed by atoms with van der Waals surface area (Å²) in [7, 11) is 0. The van der Waals surface area contributed by atoms with Crippen molar-refractivity contribution >= 4 is 29.1 Å². The van der Waals surface area contributed by atoms with E-state index in [1.54, 1.807) is 9.80 Å². The maximum absolute atomic E-state index is 12.2. The van der Waals surface area contributed by atoms with E-state index in [0.29, 0.717) is 31.1 Å². The molecule has 1 saturated heterocycles. The quantitative estimate of drug-likeness (QED) is 0.664. The number of carboxylic acids is 1. The first kappa shape index (κ1) is 17.1. The fraction of sp³-hybridized carbons (Fsp3) is 0.417. The summed E-state index contributed by atoms with van der Waals surface area (Å²) in [5, 5.41) is 15.3. The van der Waals surface area contributed by atoms with Crippen LogP contribution in [0, 0.1) is 0 Å². The van der Waals surface area contributed by atoms with Crippen LogP contribution in [0.2, 0.25) is 0 Å². The number of rotatable bonds is 2. The SMILES string of the molecule is CC(=O)N1CCN(C(=O)c2ccc(C(=O)O)s2)CC1.NO. The van der Waals surface area contributed by atoms with E-state index in [0.717, 1.165) is 11.3 Å². The van der Waals surface area contributed by atoms with Crippen molar-refractivity contribution in [3.05, 3.63) is 21.9 Å². The second-order valence-corrected chi connectivity index (χ2v) is 5.35. The summed E-state index contributed by atoms with van der Waals surface area (Å²) in [6.07, 6.45) is 0. The van der Waals surface area contributed by atoms with Crippen LogP contribution >= 0.6 is 11.3 Å². The lowest BCUT2D eigenvalue weighted by Gasteiger charge is -2.33. The minimum Gasteiger partial charge on any atom is -0.477 e. The fourth-order valence-electron chi connectivity index (χ4n) is 1.95. The number of hydrogen-bond donors (Lipinski definition) is 3. The van der Waals surface area contributed by atoms with Gasteiger partial charge in [0.25, 0.3) is 5.91 Å². The number of carbonyl (C=O) groups is 3. The van der Waals surface area contributed by atoms with Gasteiger partial charge >= 0.3 is 5.97 Å². The van der Waals surface area contributed by atoms with E-state index in [1.165, 1.54) is 19.1 Å². The van der Waals surface area contributed by atoms with Crippen LogP contribution in [-0.2, 0) is 4.79 Å². The molecule has 1 aromatic rings. The molecule has 0 aromatic carbocycles. The molecule has 116 valence electrons. The van der Waals surface area contributed by atoms with Gasteiger partial charge in [-0.25, -0.2) is 10.7 Å². The molecule has 8 nitrogen and oxygen atoms in total. The van der Waals surface area contributed by atoms with Crippen LogP contribution in [0.1, 0.15) is 26.3 Å². The van der Waals surface area contributed by atoms with Gasteiger partial charge in [0, 0.05) is 33.1 Å². The Bertz CT molecular complexity index is 523. The minimum atomic E-state index is -1.02. The zero-order valence-corrected chi connectivity index (χ0v) is 12.3.